The molecule has 0 aliphatic rings. The Morgan fingerprint density at radius 2 is 2.07 bits per heavy atom. The molecule has 3 nitrogen and oxygen atoms in total. The topological polar surface area (TPSA) is 66.5 Å². The van der Waals surface area contributed by atoms with E-state index in [4.69, 9.17) is 5.73 Å². The lowest BCUT2D eigenvalue weighted by atomic mass is 10.0. The maximum atomic E-state index is 13.3. The van der Waals surface area contributed by atoms with Gasteiger partial charge in [-0.05, 0) is 35.0 Å². The molecule has 78 valence electrons. The zero-order chi connectivity index (χ0) is 10.9. The second kappa shape index (κ2) is 4.25. The smallest absolute Gasteiger partial charge is 0.137 e. The Labute approximate surface area is 89.5 Å². The highest BCUT2D eigenvalue weighted by Crippen LogP contribution is 2.34. The van der Waals surface area contributed by atoms with E-state index in [9.17, 15) is 14.6 Å². The lowest BCUT2D eigenvalue weighted by Crippen LogP contribution is -2.24. The van der Waals surface area contributed by atoms with Gasteiger partial charge in [0, 0.05) is 0 Å². The van der Waals surface area contributed by atoms with E-state index in [1.807, 2.05) is 0 Å². The van der Waals surface area contributed by atoms with Gasteiger partial charge in [-0.1, -0.05) is 0 Å². The lowest BCUT2D eigenvalue weighted by Gasteiger charge is -2.17. The summed E-state index contributed by atoms with van der Waals surface area (Å²) >= 11 is 3.04. The standard InChI is InChI=1S/C9H11BrFNO2/c1-4(13)8(12)7-6(11)3-2-5(10)9(7)14/h2-4,8,13-14H,12H2,1H3/t4-,8+/m1/s1. The first-order valence-corrected chi connectivity index (χ1v) is 4.85. The summed E-state index contributed by atoms with van der Waals surface area (Å²) in [4.78, 5) is 0. The van der Waals surface area contributed by atoms with Crippen LogP contribution < -0.4 is 5.73 Å². The monoisotopic (exact) mass is 263 g/mol. The van der Waals surface area contributed by atoms with E-state index in [2.05, 4.69) is 15.9 Å². The molecule has 0 saturated carbocycles. The SMILES string of the molecule is C[C@@H](O)[C@H](N)c1c(F)ccc(Br)c1O. The molecule has 0 aliphatic carbocycles. The Morgan fingerprint density at radius 3 is 2.57 bits per heavy atom. The van der Waals surface area contributed by atoms with Gasteiger partial charge in [0.15, 0.2) is 0 Å². The van der Waals surface area contributed by atoms with E-state index in [0.29, 0.717) is 4.47 Å². The van der Waals surface area contributed by atoms with E-state index in [1.54, 1.807) is 0 Å². The van der Waals surface area contributed by atoms with E-state index in [-0.39, 0.29) is 11.3 Å². The van der Waals surface area contributed by atoms with Crippen LogP contribution in [0, 0.1) is 5.82 Å². The van der Waals surface area contributed by atoms with Crippen molar-refractivity contribution in [3.63, 3.8) is 0 Å². The molecule has 1 aromatic carbocycles. The largest absolute Gasteiger partial charge is 0.506 e. The molecule has 2 atom stereocenters. The third kappa shape index (κ3) is 2.05. The maximum absolute atomic E-state index is 13.3. The van der Waals surface area contributed by atoms with Crippen molar-refractivity contribution in [2.24, 2.45) is 5.73 Å². The molecule has 0 radical (unpaired) electrons. The molecular formula is C9H11BrFNO2. The zero-order valence-corrected chi connectivity index (χ0v) is 9.12. The van der Waals surface area contributed by atoms with Crippen LogP contribution in [0.15, 0.2) is 16.6 Å². The summed E-state index contributed by atoms with van der Waals surface area (Å²) in [6, 6.07) is 1.62. The molecule has 0 fully saturated rings. The second-order valence-electron chi connectivity index (χ2n) is 3.06. The van der Waals surface area contributed by atoms with E-state index < -0.39 is 18.0 Å². The van der Waals surface area contributed by atoms with Crippen molar-refractivity contribution < 1.29 is 14.6 Å². The van der Waals surface area contributed by atoms with Crippen molar-refractivity contribution in [3.05, 3.63) is 28.0 Å². The van der Waals surface area contributed by atoms with Gasteiger partial charge in [-0.15, -0.1) is 0 Å². The number of nitrogens with two attached hydrogens (primary N) is 1. The second-order valence-corrected chi connectivity index (χ2v) is 3.91. The molecule has 1 aromatic rings. The molecule has 14 heavy (non-hydrogen) atoms. The quantitative estimate of drug-likeness (QED) is 0.761. The van der Waals surface area contributed by atoms with Crippen LogP contribution in [0.4, 0.5) is 4.39 Å². The molecule has 0 unspecified atom stereocenters. The molecule has 0 saturated heterocycles. The molecule has 0 aliphatic heterocycles. The molecule has 4 N–H and O–H groups in total. The molecule has 0 bridgehead atoms. The molecule has 5 heteroatoms. The first kappa shape index (κ1) is 11.4. The molecule has 1 rings (SSSR count). The number of hydrogen-bond acceptors (Lipinski definition) is 3. The van der Waals surface area contributed by atoms with Crippen LogP contribution in [-0.2, 0) is 0 Å². The summed E-state index contributed by atoms with van der Waals surface area (Å²) in [7, 11) is 0. The molecule has 0 spiro atoms. The van der Waals surface area contributed by atoms with E-state index in [0.717, 1.165) is 0 Å². The van der Waals surface area contributed by atoms with Crippen molar-refractivity contribution in [1.82, 2.24) is 0 Å². The van der Waals surface area contributed by atoms with Crippen LogP contribution in [0.5, 0.6) is 5.75 Å². The minimum Gasteiger partial charge on any atom is -0.506 e. The van der Waals surface area contributed by atoms with Crippen molar-refractivity contribution in [1.29, 1.82) is 0 Å². The van der Waals surface area contributed by atoms with Crippen molar-refractivity contribution in [2.75, 3.05) is 0 Å². The fourth-order valence-corrected chi connectivity index (χ4v) is 1.46. The summed E-state index contributed by atoms with van der Waals surface area (Å²) in [5.41, 5.74) is 5.46. The Morgan fingerprint density at radius 1 is 1.50 bits per heavy atom. The normalized spacial score (nSPS) is 15.2. The summed E-state index contributed by atoms with van der Waals surface area (Å²) < 4.78 is 13.6. The van der Waals surface area contributed by atoms with Gasteiger partial charge < -0.3 is 15.9 Å². The number of aliphatic hydroxyl groups excluding tert-OH is 1. The lowest BCUT2D eigenvalue weighted by molar-refractivity contribution is 0.161. The molecule has 0 heterocycles. The predicted octanol–water partition coefficient (Wildman–Crippen LogP) is 1.67. The Balaban J connectivity index is 3.25. The third-order valence-electron chi connectivity index (χ3n) is 1.97. The van der Waals surface area contributed by atoms with Gasteiger partial charge in [-0.2, -0.15) is 0 Å². The van der Waals surface area contributed by atoms with Gasteiger partial charge in [0.05, 0.1) is 22.2 Å². The number of phenols is 1. The fourth-order valence-electron chi connectivity index (χ4n) is 1.12. The van der Waals surface area contributed by atoms with Gasteiger partial charge in [0.25, 0.3) is 0 Å². The Kier molecular flexibility index (Phi) is 3.47. The van der Waals surface area contributed by atoms with Gasteiger partial charge >= 0.3 is 0 Å². The average Bonchev–Trinajstić information content (AvgIpc) is 2.12. The number of phenolic OH excluding ortho intramolecular Hbond substituents is 1. The number of hydrogen-bond donors (Lipinski definition) is 3. The maximum Gasteiger partial charge on any atom is 0.137 e. The number of aromatic hydroxyl groups is 1. The zero-order valence-electron chi connectivity index (χ0n) is 7.54. The van der Waals surface area contributed by atoms with Crippen LogP contribution >= 0.6 is 15.9 Å². The Hall–Kier alpha value is -0.650. The van der Waals surface area contributed by atoms with Crippen LogP contribution in [0.3, 0.4) is 0 Å². The summed E-state index contributed by atoms with van der Waals surface area (Å²) in [6.07, 6.45) is -0.926. The summed E-state index contributed by atoms with van der Waals surface area (Å²) in [5.74, 6) is -0.891. The van der Waals surface area contributed by atoms with Crippen LogP contribution in [-0.4, -0.2) is 16.3 Å². The van der Waals surface area contributed by atoms with Crippen LogP contribution in [0.25, 0.3) is 0 Å². The average molecular weight is 264 g/mol. The predicted molar refractivity (Wildman–Crippen MR) is 54.4 cm³/mol. The van der Waals surface area contributed by atoms with Crippen molar-refractivity contribution >= 4 is 15.9 Å². The third-order valence-corrected chi connectivity index (χ3v) is 2.61. The summed E-state index contributed by atoms with van der Waals surface area (Å²) in [5, 5.41) is 18.7. The van der Waals surface area contributed by atoms with Gasteiger partial charge in [-0.3, -0.25) is 0 Å². The van der Waals surface area contributed by atoms with Crippen LogP contribution in [0.1, 0.15) is 18.5 Å². The van der Waals surface area contributed by atoms with Crippen molar-refractivity contribution in [2.45, 2.75) is 19.1 Å². The van der Waals surface area contributed by atoms with Gasteiger partial charge in [-0.25, -0.2) is 4.39 Å². The molecular weight excluding hydrogens is 253 g/mol. The highest BCUT2D eigenvalue weighted by Gasteiger charge is 2.21. The van der Waals surface area contributed by atoms with Crippen LogP contribution in [0.2, 0.25) is 0 Å². The van der Waals surface area contributed by atoms with E-state index in [1.165, 1.54) is 19.1 Å². The van der Waals surface area contributed by atoms with Gasteiger partial charge in [0.2, 0.25) is 0 Å². The molecule has 0 aromatic heterocycles. The number of halogens is 2. The Bertz CT molecular complexity index is 344. The highest BCUT2D eigenvalue weighted by atomic mass is 79.9. The minimum atomic E-state index is -0.938. The van der Waals surface area contributed by atoms with E-state index >= 15 is 0 Å². The number of aliphatic hydroxyl groups is 1. The summed E-state index contributed by atoms with van der Waals surface area (Å²) in [6.45, 7) is 1.43. The minimum absolute atomic E-state index is 0.0747. The number of benzene rings is 1. The molecule has 0 amide bonds. The first-order chi connectivity index (χ1) is 6.45. The van der Waals surface area contributed by atoms with Crippen molar-refractivity contribution in [3.8, 4) is 5.75 Å². The highest BCUT2D eigenvalue weighted by molar-refractivity contribution is 9.10. The van der Waals surface area contributed by atoms with Gasteiger partial charge in [0.1, 0.15) is 11.6 Å². The fraction of sp³-hybridized carbons (Fsp3) is 0.333. The first-order valence-electron chi connectivity index (χ1n) is 4.05. The number of rotatable bonds is 2.